The van der Waals surface area contributed by atoms with Crippen molar-refractivity contribution in [2.45, 2.75) is 24.5 Å². The van der Waals surface area contributed by atoms with Gasteiger partial charge in [0.15, 0.2) is 0 Å². The summed E-state index contributed by atoms with van der Waals surface area (Å²) in [6.07, 6.45) is -1.16. The third-order valence-corrected chi connectivity index (χ3v) is 6.46. The Morgan fingerprint density at radius 3 is 2.59 bits per heavy atom. The summed E-state index contributed by atoms with van der Waals surface area (Å²) in [6, 6.07) is 24.0. The van der Waals surface area contributed by atoms with Gasteiger partial charge in [-0.3, -0.25) is 9.63 Å². The van der Waals surface area contributed by atoms with Gasteiger partial charge in [-0.2, -0.15) is 0 Å². The van der Waals surface area contributed by atoms with Crippen LogP contribution in [0, 0.1) is 0 Å². The Morgan fingerprint density at radius 2 is 1.84 bits per heavy atom. The van der Waals surface area contributed by atoms with Crippen molar-refractivity contribution < 1.29 is 19.2 Å². The molecular formula is C25H21BrN2O4. The first-order valence-electron chi connectivity index (χ1n) is 10.4. The fraction of sp³-hybridized carbons (Fsp3) is 0.200. The Kier molecular flexibility index (Phi) is 5.23. The summed E-state index contributed by atoms with van der Waals surface area (Å²) >= 11 is 3.55. The highest BCUT2D eigenvalue weighted by Crippen LogP contribution is 2.57. The number of amides is 1. The minimum absolute atomic E-state index is 0.185. The Hall–Kier alpha value is -3.16. The van der Waals surface area contributed by atoms with Crippen molar-refractivity contribution in [2.24, 2.45) is 0 Å². The van der Waals surface area contributed by atoms with Gasteiger partial charge in [-0.15, -0.1) is 0 Å². The summed E-state index contributed by atoms with van der Waals surface area (Å²) in [5, 5.41) is 4.65. The van der Waals surface area contributed by atoms with Crippen LogP contribution in [0.1, 0.15) is 24.1 Å². The van der Waals surface area contributed by atoms with Crippen LogP contribution in [0.2, 0.25) is 0 Å². The average molecular weight is 493 g/mol. The smallest absolute Gasteiger partial charge is 0.339 e. The molecular weight excluding hydrogens is 472 g/mol. The molecule has 0 aliphatic carbocycles. The molecule has 3 aromatic rings. The number of hydroxylamine groups is 1. The number of ether oxygens (including phenoxy) is 1. The normalized spacial score (nSPS) is 23.8. The number of fused-ring (bicyclic) bond motifs is 2. The van der Waals surface area contributed by atoms with E-state index in [0.717, 1.165) is 15.7 Å². The van der Waals surface area contributed by atoms with E-state index < -0.39 is 23.5 Å². The van der Waals surface area contributed by atoms with Gasteiger partial charge in [0.05, 0.1) is 12.3 Å². The van der Waals surface area contributed by atoms with Crippen LogP contribution in [-0.2, 0) is 24.6 Å². The summed E-state index contributed by atoms with van der Waals surface area (Å²) in [5.74, 6) is -0.863. The molecule has 7 heteroatoms. The Balaban J connectivity index is 1.80. The second-order valence-electron chi connectivity index (χ2n) is 7.73. The maximum absolute atomic E-state index is 13.8. The lowest BCUT2D eigenvalue weighted by atomic mass is 9.69. The molecule has 0 saturated carbocycles. The minimum atomic E-state index is -1.33. The molecule has 1 unspecified atom stereocenters. The highest BCUT2D eigenvalue weighted by molar-refractivity contribution is 9.10. The molecule has 1 N–H and O–H groups in total. The molecule has 0 aromatic heterocycles. The largest absolute Gasteiger partial charge is 0.464 e. The van der Waals surface area contributed by atoms with Crippen molar-refractivity contribution in [3.63, 3.8) is 0 Å². The topological polar surface area (TPSA) is 67.9 Å². The van der Waals surface area contributed by atoms with Crippen LogP contribution in [0.25, 0.3) is 0 Å². The number of hydrogen-bond acceptors (Lipinski definition) is 5. The number of anilines is 2. The minimum Gasteiger partial charge on any atom is -0.464 e. The zero-order valence-corrected chi connectivity index (χ0v) is 18.9. The second-order valence-corrected chi connectivity index (χ2v) is 8.64. The van der Waals surface area contributed by atoms with Gasteiger partial charge < -0.3 is 10.1 Å². The van der Waals surface area contributed by atoms with E-state index in [0.29, 0.717) is 11.3 Å². The lowest BCUT2D eigenvalue weighted by molar-refractivity contribution is -0.159. The Labute approximate surface area is 194 Å². The number of carbonyl (C=O) groups excluding carboxylic acids is 2. The van der Waals surface area contributed by atoms with Crippen LogP contribution >= 0.6 is 15.9 Å². The molecule has 6 nitrogen and oxygen atoms in total. The lowest BCUT2D eigenvalue weighted by Gasteiger charge is -2.33. The van der Waals surface area contributed by atoms with Crippen molar-refractivity contribution in [3.8, 4) is 0 Å². The van der Waals surface area contributed by atoms with Crippen molar-refractivity contribution >= 4 is 39.2 Å². The van der Waals surface area contributed by atoms with Crippen LogP contribution in [0.15, 0.2) is 83.3 Å². The SMILES string of the molecule is CCOC(=O)[C@@H]1ON(c2ccccc2)[C@H](c2cccc(Br)c2)C12C(=O)Nc1ccccc12. The summed E-state index contributed by atoms with van der Waals surface area (Å²) in [7, 11) is 0. The maximum atomic E-state index is 13.8. The number of rotatable bonds is 4. The molecule has 1 spiro atoms. The number of para-hydroxylation sites is 2. The zero-order valence-electron chi connectivity index (χ0n) is 17.3. The highest BCUT2D eigenvalue weighted by Gasteiger charge is 2.68. The molecule has 1 fully saturated rings. The summed E-state index contributed by atoms with van der Waals surface area (Å²) in [4.78, 5) is 33.3. The summed E-state index contributed by atoms with van der Waals surface area (Å²) < 4.78 is 6.25. The van der Waals surface area contributed by atoms with Crippen molar-refractivity contribution in [1.29, 1.82) is 0 Å². The van der Waals surface area contributed by atoms with Crippen LogP contribution in [0.5, 0.6) is 0 Å². The number of hydrogen-bond donors (Lipinski definition) is 1. The van der Waals surface area contributed by atoms with Gasteiger partial charge in [0.25, 0.3) is 0 Å². The van der Waals surface area contributed by atoms with E-state index >= 15 is 0 Å². The highest BCUT2D eigenvalue weighted by atomic mass is 79.9. The summed E-state index contributed by atoms with van der Waals surface area (Å²) in [6.45, 7) is 1.92. The van der Waals surface area contributed by atoms with Crippen molar-refractivity contribution in [2.75, 3.05) is 17.0 Å². The van der Waals surface area contributed by atoms with Gasteiger partial charge in [-0.25, -0.2) is 9.86 Å². The predicted octanol–water partition coefficient (Wildman–Crippen LogP) is 4.76. The van der Waals surface area contributed by atoms with E-state index in [2.05, 4.69) is 21.2 Å². The van der Waals surface area contributed by atoms with Crippen LogP contribution < -0.4 is 10.4 Å². The molecule has 2 aliphatic rings. The van der Waals surface area contributed by atoms with Gasteiger partial charge in [-0.05, 0) is 48.4 Å². The third-order valence-electron chi connectivity index (χ3n) is 5.97. The van der Waals surface area contributed by atoms with E-state index in [4.69, 9.17) is 9.57 Å². The first kappa shape index (κ1) is 20.7. The average Bonchev–Trinajstić information content (AvgIpc) is 3.31. The number of esters is 1. The first-order chi connectivity index (χ1) is 15.6. The quantitative estimate of drug-likeness (QED) is 0.531. The third kappa shape index (κ3) is 3.04. The number of halogens is 1. The molecule has 2 heterocycles. The van der Waals surface area contributed by atoms with Gasteiger partial charge in [0.1, 0.15) is 11.5 Å². The van der Waals surface area contributed by atoms with E-state index in [1.165, 1.54) is 0 Å². The van der Waals surface area contributed by atoms with Gasteiger partial charge in [-0.1, -0.05) is 64.5 Å². The van der Waals surface area contributed by atoms with Crippen LogP contribution in [0.3, 0.4) is 0 Å². The van der Waals surface area contributed by atoms with E-state index in [-0.39, 0.29) is 12.5 Å². The molecule has 1 saturated heterocycles. The molecule has 0 bridgehead atoms. The molecule has 3 atom stereocenters. The maximum Gasteiger partial charge on any atom is 0.339 e. The number of carbonyl (C=O) groups is 2. The first-order valence-corrected chi connectivity index (χ1v) is 11.2. The standard InChI is InChI=1S/C25H21BrN2O4/c1-2-31-23(29)22-25(19-13-6-7-14-20(19)27-24(25)30)21(16-9-8-10-17(26)15-16)28(32-22)18-11-4-3-5-12-18/h3-15,21-22H,2H2,1H3,(H,27,30)/t21-,22+,25?/m1/s1. The zero-order chi connectivity index (χ0) is 22.3. The number of benzene rings is 3. The van der Waals surface area contributed by atoms with Crippen molar-refractivity contribution in [3.05, 3.63) is 94.5 Å². The lowest BCUT2D eigenvalue weighted by Crippen LogP contribution is -2.50. The van der Waals surface area contributed by atoms with Crippen molar-refractivity contribution in [1.82, 2.24) is 0 Å². The van der Waals surface area contributed by atoms with Crippen LogP contribution in [-0.4, -0.2) is 24.6 Å². The molecule has 32 heavy (non-hydrogen) atoms. The summed E-state index contributed by atoms with van der Waals surface area (Å²) in [5.41, 5.74) is 1.62. The molecule has 1 amide bonds. The van der Waals surface area contributed by atoms with E-state index in [1.807, 2.05) is 78.9 Å². The molecule has 162 valence electrons. The van der Waals surface area contributed by atoms with Gasteiger partial charge in [0, 0.05) is 10.2 Å². The van der Waals surface area contributed by atoms with E-state index in [1.54, 1.807) is 12.0 Å². The van der Waals surface area contributed by atoms with Gasteiger partial charge in [0.2, 0.25) is 12.0 Å². The fourth-order valence-electron chi connectivity index (χ4n) is 4.73. The van der Waals surface area contributed by atoms with Gasteiger partial charge >= 0.3 is 5.97 Å². The molecule has 5 rings (SSSR count). The number of nitrogens with zero attached hydrogens (tertiary/aromatic N) is 1. The Bertz CT molecular complexity index is 1190. The Morgan fingerprint density at radius 1 is 1.09 bits per heavy atom. The second kappa shape index (κ2) is 8.07. The van der Waals surface area contributed by atoms with Crippen LogP contribution in [0.4, 0.5) is 11.4 Å². The predicted molar refractivity (Wildman–Crippen MR) is 124 cm³/mol. The monoisotopic (exact) mass is 492 g/mol. The fourth-order valence-corrected chi connectivity index (χ4v) is 5.14. The number of nitrogens with one attached hydrogen (secondary N) is 1. The molecule has 2 aliphatic heterocycles. The molecule has 0 radical (unpaired) electrons. The van der Waals surface area contributed by atoms with E-state index in [9.17, 15) is 9.59 Å². The molecule has 3 aromatic carbocycles.